The Bertz CT molecular complexity index is 363. The van der Waals surface area contributed by atoms with Crippen LogP contribution in [-0.4, -0.2) is 18.2 Å². The summed E-state index contributed by atoms with van der Waals surface area (Å²) in [5.41, 5.74) is -0.392. The summed E-state index contributed by atoms with van der Waals surface area (Å²) in [5.74, 6) is -3.40. The Morgan fingerprint density at radius 2 is 2.00 bits per heavy atom. The molecule has 1 rings (SSSR count). The molecule has 0 amide bonds. The first-order valence-electron chi connectivity index (χ1n) is 3.79. The maximum absolute atomic E-state index is 13.0. The molecule has 0 bridgehead atoms. The average molecular weight is 202 g/mol. The molecule has 0 aliphatic carbocycles. The molecule has 5 heteroatoms. The Morgan fingerprint density at radius 3 is 2.57 bits per heavy atom. The van der Waals surface area contributed by atoms with Gasteiger partial charge in [-0.2, -0.15) is 0 Å². The van der Waals surface area contributed by atoms with Crippen LogP contribution >= 0.6 is 0 Å². The van der Waals surface area contributed by atoms with Crippen molar-refractivity contribution in [3.8, 4) is 5.75 Å². The largest absolute Gasteiger partial charge is 0.505 e. The number of ether oxygens (including phenoxy) is 1. The van der Waals surface area contributed by atoms with Crippen molar-refractivity contribution in [3.05, 3.63) is 29.3 Å². The van der Waals surface area contributed by atoms with Crippen LogP contribution in [0.25, 0.3) is 0 Å². The predicted molar refractivity (Wildman–Crippen MR) is 43.7 cm³/mol. The van der Waals surface area contributed by atoms with E-state index in [1.165, 1.54) is 0 Å². The molecule has 0 aromatic heterocycles. The Kier molecular flexibility index (Phi) is 3.01. The molecule has 0 heterocycles. The van der Waals surface area contributed by atoms with Gasteiger partial charge in [0.1, 0.15) is 5.82 Å². The van der Waals surface area contributed by atoms with Gasteiger partial charge in [-0.05, 0) is 12.1 Å². The number of halogens is 2. The molecule has 1 N–H and O–H groups in total. The van der Waals surface area contributed by atoms with E-state index in [1.54, 1.807) is 0 Å². The third-order valence-corrected chi connectivity index (χ3v) is 1.73. The SMILES string of the molecule is COC(=O)Cc1c(F)ccc(F)c1O. The van der Waals surface area contributed by atoms with Crippen LogP contribution in [0, 0.1) is 11.6 Å². The number of phenols is 1. The van der Waals surface area contributed by atoms with Gasteiger partial charge in [0.15, 0.2) is 11.6 Å². The summed E-state index contributed by atoms with van der Waals surface area (Å²) in [6.45, 7) is 0. The van der Waals surface area contributed by atoms with Gasteiger partial charge in [-0.15, -0.1) is 0 Å². The number of carbonyl (C=O) groups is 1. The number of hydrogen-bond donors (Lipinski definition) is 1. The van der Waals surface area contributed by atoms with E-state index in [1.807, 2.05) is 0 Å². The van der Waals surface area contributed by atoms with Crippen molar-refractivity contribution in [1.82, 2.24) is 0 Å². The normalized spacial score (nSPS) is 9.93. The summed E-state index contributed by atoms with van der Waals surface area (Å²) in [5, 5.41) is 9.10. The van der Waals surface area contributed by atoms with Gasteiger partial charge >= 0.3 is 5.97 Å². The summed E-state index contributed by atoms with van der Waals surface area (Å²) in [6.07, 6.45) is -0.494. The summed E-state index contributed by atoms with van der Waals surface area (Å²) >= 11 is 0. The van der Waals surface area contributed by atoms with E-state index in [0.29, 0.717) is 0 Å². The molecule has 0 spiro atoms. The minimum absolute atomic E-state index is 0.392. The number of methoxy groups -OCH3 is 1. The number of benzene rings is 1. The minimum Gasteiger partial charge on any atom is -0.505 e. The van der Waals surface area contributed by atoms with Crippen molar-refractivity contribution in [2.24, 2.45) is 0 Å². The molecule has 0 aliphatic heterocycles. The zero-order valence-corrected chi connectivity index (χ0v) is 7.38. The van der Waals surface area contributed by atoms with Gasteiger partial charge < -0.3 is 9.84 Å². The fourth-order valence-electron chi connectivity index (χ4n) is 0.968. The maximum atomic E-state index is 13.0. The van der Waals surface area contributed by atoms with Crippen LogP contribution in [0.3, 0.4) is 0 Å². The lowest BCUT2D eigenvalue weighted by atomic mass is 10.1. The summed E-state index contributed by atoms with van der Waals surface area (Å²) in [4.78, 5) is 10.8. The van der Waals surface area contributed by atoms with Gasteiger partial charge in [-0.25, -0.2) is 8.78 Å². The maximum Gasteiger partial charge on any atom is 0.310 e. The second kappa shape index (κ2) is 4.04. The Morgan fingerprint density at radius 1 is 1.43 bits per heavy atom. The highest BCUT2D eigenvalue weighted by Gasteiger charge is 2.16. The average Bonchev–Trinajstić information content (AvgIpc) is 2.18. The molecule has 1 aromatic rings. The van der Waals surface area contributed by atoms with Crippen LogP contribution in [0.15, 0.2) is 12.1 Å². The van der Waals surface area contributed by atoms with Gasteiger partial charge in [-0.1, -0.05) is 0 Å². The number of hydrogen-bond acceptors (Lipinski definition) is 3. The van der Waals surface area contributed by atoms with Crippen molar-refractivity contribution in [2.45, 2.75) is 6.42 Å². The van der Waals surface area contributed by atoms with Gasteiger partial charge in [-0.3, -0.25) is 4.79 Å². The van der Waals surface area contributed by atoms with Crippen LogP contribution in [0.1, 0.15) is 5.56 Å². The van der Waals surface area contributed by atoms with E-state index in [9.17, 15) is 13.6 Å². The zero-order chi connectivity index (χ0) is 10.7. The molecule has 0 atom stereocenters. The molecule has 0 saturated heterocycles. The molecule has 0 unspecified atom stereocenters. The molecule has 76 valence electrons. The number of carbonyl (C=O) groups excluding carboxylic acids is 1. The Labute approximate surface area is 78.9 Å². The molecule has 0 fully saturated rings. The second-order valence-electron chi connectivity index (χ2n) is 2.61. The molecule has 3 nitrogen and oxygen atoms in total. The predicted octanol–water partition coefficient (Wildman–Crippen LogP) is 1.39. The van der Waals surface area contributed by atoms with Crippen LogP contribution < -0.4 is 0 Å². The Balaban J connectivity index is 3.06. The second-order valence-corrected chi connectivity index (χ2v) is 2.61. The third kappa shape index (κ3) is 1.99. The van der Waals surface area contributed by atoms with Gasteiger partial charge in [0, 0.05) is 5.56 Å². The van der Waals surface area contributed by atoms with Crippen molar-refractivity contribution in [1.29, 1.82) is 0 Å². The fraction of sp³-hybridized carbons (Fsp3) is 0.222. The van der Waals surface area contributed by atoms with E-state index in [2.05, 4.69) is 4.74 Å². The smallest absolute Gasteiger partial charge is 0.310 e. The van der Waals surface area contributed by atoms with Crippen molar-refractivity contribution in [2.75, 3.05) is 7.11 Å². The first-order chi connectivity index (χ1) is 6.56. The highest BCUT2D eigenvalue weighted by atomic mass is 19.1. The number of phenolic OH excluding ortho intramolecular Hbond substituents is 1. The lowest BCUT2D eigenvalue weighted by Crippen LogP contribution is -2.07. The van der Waals surface area contributed by atoms with Crippen LogP contribution in [-0.2, 0) is 16.0 Å². The molecule has 14 heavy (non-hydrogen) atoms. The highest BCUT2D eigenvalue weighted by Crippen LogP contribution is 2.24. The Hall–Kier alpha value is -1.65. The lowest BCUT2D eigenvalue weighted by Gasteiger charge is -2.05. The minimum atomic E-state index is -0.967. The van der Waals surface area contributed by atoms with Crippen molar-refractivity contribution < 1.29 is 23.4 Å². The standard InChI is InChI=1S/C9H8F2O3/c1-14-8(12)4-5-6(10)2-3-7(11)9(5)13/h2-3,13H,4H2,1H3. The van der Waals surface area contributed by atoms with Gasteiger partial charge in [0.2, 0.25) is 0 Å². The molecule has 0 aliphatic rings. The topological polar surface area (TPSA) is 46.5 Å². The van der Waals surface area contributed by atoms with Crippen LogP contribution in [0.5, 0.6) is 5.75 Å². The van der Waals surface area contributed by atoms with Gasteiger partial charge in [0.05, 0.1) is 13.5 Å². The quantitative estimate of drug-likeness (QED) is 0.737. The summed E-state index contributed by atoms with van der Waals surface area (Å²) < 4.78 is 30.0. The van der Waals surface area contributed by atoms with Crippen LogP contribution in [0.4, 0.5) is 8.78 Å². The van der Waals surface area contributed by atoms with E-state index in [0.717, 1.165) is 19.2 Å². The number of rotatable bonds is 2. The van der Waals surface area contributed by atoms with Crippen molar-refractivity contribution >= 4 is 5.97 Å². The summed E-state index contributed by atoms with van der Waals surface area (Å²) in [7, 11) is 1.12. The van der Waals surface area contributed by atoms with E-state index < -0.39 is 35.3 Å². The molecular weight excluding hydrogens is 194 g/mol. The lowest BCUT2D eigenvalue weighted by molar-refractivity contribution is -0.139. The summed E-state index contributed by atoms with van der Waals surface area (Å²) in [6, 6.07) is 1.62. The fourth-order valence-corrected chi connectivity index (χ4v) is 0.968. The van der Waals surface area contributed by atoms with E-state index in [-0.39, 0.29) is 0 Å². The molecule has 0 saturated carbocycles. The third-order valence-electron chi connectivity index (χ3n) is 1.73. The number of esters is 1. The molecule has 1 aromatic carbocycles. The van der Waals surface area contributed by atoms with E-state index >= 15 is 0 Å². The zero-order valence-electron chi connectivity index (χ0n) is 7.38. The number of aromatic hydroxyl groups is 1. The molecular formula is C9H8F2O3. The van der Waals surface area contributed by atoms with E-state index in [4.69, 9.17) is 5.11 Å². The first kappa shape index (κ1) is 10.4. The van der Waals surface area contributed by atoms with Crippen LogP contribution in [0.2, 0.25) is 0 Å². The van der Waals surface area contributed by atoms with Crippen molar-refractivity contribution in [3.63, 3.8) is 0 Å². The highest BCUT2D eigenvalue weighted by molar-refractivity contribution is 5.73. The molecule has 0 radical (unpaired) electrons. The first-order valence-corrected chi connectivity index (χ1v) is 3.79. The van der Waals surface area contributed by atoms with Gasteiger partial charge in [0.25, 0.3) is 0 Å². The monoisotopic (exact) mass is 202 g/mol.